The Bertz CT molecular complexity index is 510. The average molecular weight is 236 g/mol. The number of aliphatic hydroxyl groups is 1. The zero-order chi connectivity index (χ0) is 12.3. The third kappa shape index (κ3) is 2.21. The van der Waals surface area contributed by atoms with Gasteiger partial charge in [0.15, 0.2) is 5.82 Å². The van der Waals surface area contributed by atoms with E-state index in [1.54, 1.807) is 32.4 Å². The number of hydrogen-bond acceptors (Lipinski definition) is 6. The molecule has 17 heavy (non-hydrogen) atoms. The van der Waals surface area contributed by atoms with Crippen molar-refractivity contribution in [3.63, 3.8) is 0 Å². The first kappa shape index (κ1) is 11.4. The molecule has 1 N–H and O–H groups in total. The Morgan fingerprint density at radius 3 is 2.71 bits per heavy atom. The molecule has 2 rings (SSSR count). The molecule has 0 fully saturated rings. The van der Waals surface area contributed by atoms with Crippen molar-refractivity contribution in [3.05, 3.63) is 24.0 Å². The second-order valence-electron chi connectivity index (χ2n) is 3.24. The first-order valence-electron chi connectivity index (χ1n) is 4.94. The predicted octanol–water partition coefficient (Wildman–Crippen LogP) is 1.25. The zero-order valence-electron chi connectivity index (χ0n) is 9.51. The number of aliphatic hydroxyl groups excluding tert-OH is 1. The van der Waals surface area contributed by atoms with Gasteiger partial charge in [0, 0.05) is 6.07 Å². The molecule has 0 spiro atoms. The summed E-state index contributed by atoms with van der Waals surface area (Å²) in [5.41, 5.74) is 0.653. The molecule has 2 aromatic rings. The van der Waals surface area contributed by atoms with Crippen molar-refractivity contribution in [2.24, 2.45) is 0 Å². The lowest BCUT2D eigenvalue weighted by Gasteiger charge is -2.06. The van der Waals surface area contributed by atoms with Crippen LogP contribution in [0.4, 0.5) is 0 Å². The Balaban J connectivity index is 2.43. The lowest BCUT2D eigenvalue weighted by Crippen LogP contribution is -1.91. The molecule has 0 radical (unpaired) electrons. The number of benzene rings is 1. The number of rotatable bonds is 4. The molecule has 0 amide bonds. The molecule has 6 nitrogen and oxygen atoms in total. The first-order chi connectivity index (χ1) is 8.28. The van der Waals surface area contributed by atoms with Crippen LogP contribution in [-0.4, -0.2) is 29.5 Å². The van der Waals surface area contributed by atoms with Gasteiger partial charge < -0.3 is 19.1 Å². The van der Waals surface area contributed by atoms with Gasteiger partial charge in [-0.2, -0.15) is 4.98 Å². The lowest BCUT2D eigenvalue weighted by molar-refractivity contribution is 0.264. The fourth-order valence-corrected chi connectivity index (χ4v) is 1.40. The normalized spacial score (nSPS) is 10.3. The summed E-state index contributed by atoms with van der Waals surface area (Å²) in [5, 5.41) is 12.5. The SMILES string of the molecule is COc1ccc(-c2nc(CO)no2)c(OC)c1. The lowest BCUT2D eigenvalue weighted by atomic mass is 10.2. The van der Waals surface area contributed by atoms with E-state index in [9.17, 15) is 0 Å². The van der Waals surface area contributed by atoms with Crippen LogP contribution in [0.3, 0.4) is 0 Å². The van der Waals surface area contributed by atoms with E-state index in [1.165, 1.54) is 0 Å². The van der Waals surface area contributed by atoms with Crippen molar-refractivity contribution in [2.45, 2.75) is 6.61 Å². The Labute approximate surface area is 97.8 Å². The molecule has 0 bridgehead atoms. The number of aromatic nitrogens is 2. The summed E-state index contributed by atoms with van der Waals surface area (Å²) < 4.78 is 15.3. The monoisotopic (exact) mass is 236 g/mol. The van der Waals surface area contributed by atoms with Crippen molar-refractivity contribution in [3.8, 4) is 23.0 Å². The van der Waals surface area contributed by atoms with E-state index in [-0.39, 0.29) is 12.4 Å². The summed E-state index contributed by atoms with van der Waals surface area (Å²) in [6, 6.07) is 5.24. The standard InChI is InChI=1S/C11H12N2O4/c1-15-7-3-4-8(9(5-7)16-2)11-12-10(6-14)13-17-11/h3-5,14H,6H2,1-2H3. The van der Waals surface area contributed by atoms with Gasteiger partial charge in [0.1, 0.15) is 18.1 Å². The van der Waals surface area contributed by atoms with E-state index < -0.39 is 0 Å². The molecule has 1 heterocycles. The third-order valence-electron chi connectivity index (χ3n) is 2.25. The maximum absolute atomic E-state index is 8.87. The smallest absolute Gasteiger partial charge is 0.261 e. The minimum Gasteiger partial charge on any atom is -0.497 e. The second-order valence-corrected chi connectivity index (χ2v) is 3.24. The molecule has 0 unspecified atom stereocenters. The summed E-state index contributed by atoms with van der Waals surface area (Å²) in [6.45, 7) is -0.262. The van der Waals surface area contributed by atoms with Crippen molar-refractivity contribution < 1.29 is 19.1 Å². The Morgan fingerprint density at radius 1 is 1.29 bits per heavy atom. The maximum Gasteiger partial charge on any atom is 0.261 e. The van der Waals surface area contributed by atoms with Gasteiger partial charge >= 0.3 is 0 Å². The van der Waals surface area contributed by atoms with Gasteiger partial charge in [0.05, 0.1) is 19.8 Å². The minimum absolute atomic E-state index is 0.234. The van der Waals surface area contributed by atoms with E-state index in [4.69, 9.17) is 19.1 Å². The zero-order valence-corrected chi connectivity index (χ0v) is 9.51. The fraction of sp³-hybridized carbons (Fsp3) is 0.273. The molecule has 0 aliphatic rings. The van der Waals surface area contributed by atoms with Crippen LogP contribution in [-0.2, 0) is 6.61 Å². The van der Waals surface area contributed by atoms with Crippen LogP contribution in [0.1, 0.15) is 5.82 Å². The molecule has 1 aromatic heterocycles. The molecule has 0 aliphatic carbocycles. The van der Waals surface area contributed by atoms with Gasteiger partial charge in [-0.1, -0.05) is 5.16 Å². The van der Waals surface area contributed by atoms with Crippen molar-refractivity contribution in [1.82, 2.24) is 10.1 Å². The van der Waals surface area contributed by atoms with E-state index in [0.29, 0.717) is 23.0 Å². The van der Waals surface area contributed by atoms with E-state index >= 15 is 0 Å². The van der Waals surface area contributed by atoms with Gasteiger partial charge in [-0.05, 0) is 12.1 Å². The molecule has 1 aromatic carbocycles. The summed E-state index contributed by atoms with van der Waals surface area (Å²) in [5.74, 6) is 1.77. The van der Waals surface area contributed by atoms with Crippen LogP contribution < -0.4 is 9.47 Å². The summed E-state index contributed by atoms with van der Waals surface area (Å²) in [4.78, 5) is 4.01. The van der Waals surface area contributed by atoms with Crippen LogP contribution in [0.15, 0.2) is 22.7 Å². The van der Waals surface area contributed by atoms with Crippen molar-refractivity contribution in [2.75, 3.05) is 14.2 Å². The Hall–Kier alpha value is -2.08. The summed E-state index contributed by atoms with van der Waals surface area (Å²) in [6.07, 6.45) is 0. The van der Waals surface area contributed by atoms with E-state index in [2.05, 4.69) is 10.1 Å². The van der Waals surface area contributed by atoms with E-state index in [0.717, 1.165) is 0 Å². The fourth-order valence-electron chi connectivity index (χ4n) is 1.40. The highest BCUT2D eigenvalue weighted by molar-refractivity contribution is 5.64. The second kappa shape index (κ2) is 4.84. The third-order valence-corrected chi connectivity index (χ3v) is 2.25. The molecule has 0 saturated carbocycles. The highest BCUT2D eigenvalue weighted by Crippen LogP contribution is 2.32. The quantitative estimate of drug-likeness (QED) is 0.860. The topological polar surface area (TPSA) is 77.6 Å². The van der Waals surface area contributed by atoms with Gasteiger partial charge in [-0.25, -0.2) is 0 Å². The molecular weight excluding hydrogens is 224 g/mol. The van der Waals surface area contributed by atoms with Crippen LogP contribution in [0.25, 0.3) is 11.5 Å². The van der Waals surface area contributed by atoms with E-state index in [1.807, 2.05) is 0 Å². The molecule has 0 saturated heterocycles. The number of hydrogen-bond donors (Lipinski definition) is 1. The number of methoxy groups -OCH3 is 2. The summed E-state index contributed by atoms with van der Waals surface area (Å²) in [7, 11) is 3.12. The van der Waals surface area contributed by atoms with Crippen LogP contribution in [0, 0.1) is 0 Å². The minimum atomic E-state index is -0.262. The highest BCUT2D eigenvalue weighted by Gasteiger charge is 2.14. The van der Waals surface area contributed by atoms with Crippen LogP contribution >= 0.6 is 0 Å². The predicted molar refractivity (Wildman–Crippen MR) is 58.8 cm³/mol. The molecule has 0 atom stereocenters. The highest BCUT2D eigenvalue weighted by atomic mass is 16.5. The maximum atomic E-state index is 8.87. The number of ether oxygens (including phenoxy) is 2. The first-order valence-corrected chi connectivity index (χ1v) is 4.94. The largest absolute Gasteiger partial charge is 0.497 e. The molecule has 90 valence electrons. The van der Waals surface area contributed by atoms with Gasteiger partial charge in [0.2, 0.25) is 0 Å². The Kier molecular flexibility index (Phi) is 3.24. The molecule has 0 aliphatic heterocycles. The Morgan fingerprint density at radius 2 is 2.12 bits per heavy atom. The van der Waals surface area contributed by atoms with Gasteiger partial charge in [-0.15, -0.1) is 0 Å². The number of nitrogens with zero attached hydrogens (tertiary/aromatic N) is 2. The van der Waals surface area contributed by atoms with Crippen LogP contribution in [0.5, 0.6) is 11.5 Å². The van der Waals surface area contributed by atoms with Crippen molar-refractivity contribution in [1.29, 1.82) is 0 Å². The summed E-state index contributed by atoms with van der Waals surface area (Å²) >= 11 is 0. The van der Waals surface area contributed by atoms with Gasteiger partial charge in [0.25, 0.3) is 5.89 Å². The van der Waals surface area contributed by atoms with Crippen LogP contribution in [0.2, 0.25) is 0 Å². The average Bonchev–Trinajstić information content (AvgIpc) is 2.86. The van der Waals surface area contributed by atoms with Crippen molar-refractivity contribution >= 4 is 0 Å². The molecular formula is C11H12N2O4. The van der Waals surface area contributed by atoms with Gasteiger partial charge in [-0.3, -0.25) is 0 Å². The molecule has 6 heteroatoms.